The third kappa shape index (κ3) is 9.29. The summed E-state index contributed by atoms with van der Waals surface area (Å²) in [5.74, 6) is -0.843. The zero-order valence-electron chi connectivity index (χ0n) is 26.8. The number of aryl methyl sites for hydroxylation is 1. The van der Waals surface area contributed by atoms with Gasteiger partial charge in [0.1, 0.15) is 32.1 Å². The zero-order chi connectivity index (χ0) is 34.8. The fraction of sp³-hybridized carbons (Fsp3) is 0.0667. The monoisotopic (exact) mass is 736 g/mol. The Balaban J connectivity index is 0.00000338. The topological polar surface area (TPSA) is 248 Å². The number of hydrogen-bond donors (Lipinski definition) is 2. The molecule has 246 valence electrons. The zero-order valence-corrected chi connectivity index (χ0v) is 32.4. The first-order chi connectivity index (χ1) is 22.7. The summed E-state index contributed by atoms with van der Waals surface area (Å²) in [6, 6.07) is 20.0. The molecule has 0 atom stereocenters. The van der Waals surface area contributed by atoms with Crippen molar-refractivity contribution in [3.63, 3.8) is 0 Å². The number of anilines is 2. The second-order valence-corrected chi connectivity index (χ2v) is 12.8. The number of non-ortho nitro benzene ring substituents is 1. The average molecular weight is 737 g/mol. The van der Waals surface area contributed by atoms with Crippen LogP contribution in [0.1, 0.15) is 5.56 Å². The quantitative estimate of drug-likeness (QED) is 0.0669. The normalized spacial score (nSPS) is 11.7. The van der Waals surface area contributed by atoms with Crippen molar-refractivity contribution < 1.29 is 99.8 Å². The standard InChI is InChI=1S/C30H24N6O10S2.2Na/c1-17-12-25(26(46-2)16-24(17)33-32-23-11-9-21(36(38)39)15-27(23)47(40,41)42)34-35-29-28(48(43,44)45)14-18-13-20(8-10-22(18)30(29)37)31-19-6-4-3-5-7-19;;/h3-16,31,37H,1-2H3,(H,40,41,42)(H,43,44,45);;/q;2*+1/p-2. The van der Waals surface area contributed by atoms with E-state index in [-0.39, 0.29) is 92.7 Å². The van der Waals surface area contributed by atoms with Crippen LogP contribution in [0, 0.1) is 17.0 Å². The fourth-order valence-corrected chi connectivity index (χ4v) is 5.80. The number of methoxy groups -OCH3 is 1. The van der Waals surface area contributed by atoms with Crippen LogP contribution in [0.3, 0.4) is 0 Å². The first-order valence-corrected chi connectivity index (χ1v) is 16.3. The summed E-state index contributed by atoms with van der Waals surface area (Å²) in [5, 5.41) is 43.5. The minimum absolute atomic E-state index is 0. The summed E-state index contributed by atoms with van der Waals surface area (Å²) in [6.45, 7) is 1.55. The molecule has 0 amide bonds. The smallest absolute Gasteiger partial charge is 0.871 e. The van der Waals surface area contributed by atoms with Gasteiger partial charge in [-0.25, -0.2) is 8.42 Å². The van der Waals surface area contributed by atoms with Crippen LogP contribution in [0.25, 0.3) is 10.8 Å². The van der Waals surface area contributed by atoms with Gasteiger partial charge in [-0.15, -0.1) is 15.3 Å². The van der Waals surface area contributed by atoms with E-state index < -0.39 is 52.1 Å². The van der Waals surface area contributed by atoms with Gasteiger partial charge in [-0.3, -0.25) is 14.7 Å². The number of rotatable bonds is 10. The molecule has 0 saturated heterocycles. The predicted molar refractivity (Wildman–Crippen MR) is 170 cm³/mol. The number of nitrogens with one attached hydrogen (secondary N) is 1. The maximum absolute atomic E-state index is 13.4. The average Bonchev–Trinajstić information content (AvgIpc) is 3.03. The Bertz CT molecular complexity index is 2380. The van der Waals surface area contributed by atoms with E-state index in [2.05, 4.69) is 25.8 Å². The number of nitro groups is 1. The molecule has 0 bridgehead atoms. The Morgan fingerprint density at radius 1 is 0.780 bits per heavy atom. The number of benzene rings is 5. The Kier molecular flexibility index (Phi) is 13.4. The SMILES string of the molecule is COc1cc(N=Nc2ccc([N+](=O)[O-])cc2S(=O)(=O)O)c(C)cc1N=Nc1c(S(=O)(=O)[O-])cc2cc(Nc3ccccc3)ccc2c1[O-].[Na+].[Na+]. The van der Waals surface area contributed by atoms with Crippen LogP contribution in [0.5, 0.6) is 11.5 Å². The molecule has 16 nitrogen and oxygen atoms in total. The van der Waals surface area contributed by atoms with Crippen LogP contribution in [-0.2, 0) is 20.2 Å². The van der Waals surface area contributed by atoms with E-state index in [0.29, 0.717) is 17.3 Å². The molecule has 0 aliphatic heterocycles. The molecule has 5 aromatic carbocycles. The summed E-state index contributed by atoms with van der Waals surface area (Å²) < 4.78 is 75.2. The van der Waals surface area contributed by atoms with Gasteiger partial charge in [0.05, 0.1) is 28.3 Å². The molecule has 5 rings (SSSR count). The van der Waals surface area contributed by atoms with Gasteiger partial charge in [-0.2, -0.15) is 13.5 Å². The summed E-state index contributed by atoms with van der Waals surface area (Å²) >= 11 is 0. The van der Waals surface area contributed by atoms with Crippen LogP contribution in [-0.4, -0.2) is 38.0 Å². The van der Waals surface area contributed by atoms with Crippen molar-refractivity contribution in [1.82, 2.24) is 0 Å². The molecule has 0 aromatic heterocycles. The number of para-hydroxylation sites is 1. The number of nitro benzene ring substituents is 1. The van der Waals surface area contributed by atoms with Crippen LogP contribution in [0.15, 0.2) is 115 Å². The van der Waals surface area contributed by atoms with Crippen molar-refractivity contribution >= 4 is 70.8 Å². The predicted octanol–water partition coefficient (Wildman–Crippen LogP) is 0.872. The van der Waals surface area contributed by atoms with Crippen molar-refractivity contribution in [2.75, 3.05) is 12.4 Å². The van der Waals surface area contributed by atoms with Crippen molar-refractivity contribution in [2.24, 2.45) is 20.5 Å². The van der Waals surface area contributed by atoms with E-state index in [1.54, 1.807) is 13.0 Å². The Labute approximate surface area is 329 Å². The molecule has 0 unspecified atom stereocenters. The minimum atomic E-state index is -5.19. The maximum atomic E-state index is 13.4. The summed E-state index contributed by atoms with van der Waals surface area (Å²) in [5.41, 5.74) is 0.0606. The molecule has 5 aromatic rings. The van der Waals surface area contributed by atoms with Gasteiger partial charge in [0.15, 0.2) is 0 Å². The van der Waals surface area contributed by atoms with E-state index in [4.69, 9.17) is 4.74 Å². The maximum Gasteiger partial charge on any atom is 1.00 e. The largest absolute Gasteiger partial charge is 1.00 e. The molecule has 0 aliphatic rings. The van der Waals surface area contributed by atoms with Gasteiger partial charge in [0, 0.05) is 29.6 Å². The molecule has 50 heavy (non-hydrogen) atoms. The molecule has 0 heterocycles. The third-order valence-corrected chi connectivity index (χ3v) is 8.55. The van der Waals surface area contributed by atoms with Gasteiger partial charge in [0.25, 0.3) is 15.8 Å². The number of azo groups is 2. The van der Waals surface area contributed by atoms with Crippen LogP contribution in [0.4, 0.5) is 39.8 Å². The first-order valence-electron chi connectivity index (χ1n) is 13.5. The molecule has 0 radical (unpaired) electrons. The number of hydrogen-bond acceptors (Lipinski definition) is 14. The van der Waals surface area contributed by atoms with Crippen LogP contribution in [0.2, 0.25) is 0 Å². The van der Waals surface area contributed by atoms with E-state index in [1.807, 2.05) is 30.3 Å². The van der Waals surface area contributed by atoms with E-state index in [0.717, 1.165) is 23.9 Å². The van der Waals surface area contributed by atoms with Crippen molar-refractivity contribution in [1.29, 1.82) is 0 Å². The fourth-order valence-electron chi connectivity index (χ4n) is 4.52. The second kappa shape index (κ2) is 16.5. The van der Waals surface area contributed by atoms with Gasteiger partial charge in [0.2, 0.25) is 0 Å². The molecule has 0 spiro atoms. The van der Waals surface area contributed by atoms with E-state index in [1.165, 1.54) is 31.4 Å². The van der Waals surface area contributed by atoms with Gasteiger partial charge < -0.3 is 19.7 Å². The molecular weight excluding hydrogens is 714 g/mol. The Morgan fingerprint density at radius 2 is 1.44 bits per heavy atom. The number of nitrogens with zero attached hydrogens (tertiary/aromatic N) is 5. The third-order valence-electron chi connectivity index (χ3n) is 6.82. The Hall–Kier alpha value is -3.82. The molecule has 0 saturated carbocycles. The number of ether oxygens (including phenoxy) is 1. The molecular formula is C30H22N6Na2O10S2. The first kappa shape index (κ1) is 40.6. The molecule has 0 fully saturated rings. The van der Waals surface area contributed by atoms with Crippen LogP contribution < -0.4 is 74.3 Å². The van der Waals surface area contributed by atoms with Crippen LogP contribution >= 0.6 is 0 Å². The second-order valence-electron chi connectivity index (χ2n) is 10.0. The van der Waals surface area contributed by atoms with Crippen molar-refractivity contribution in [3.8, 4) is 11.5 Å². The Morgan fingerprint density at radius 3 is 2.06 bits per heavy atom. The molecule has 2 N–H and O–H groups in total. The van der Waals surface area contributed by atoms with Gasteiger partial charge in [-0.05, 0) is 65.7 Å². The van der Waals surface area contributed by atoms with Gasteiger partial charge >= 0.3 is 59.1 Å². The van der Waals surface area contributed by atoms with E-state index >= 15 is 0 Å². The summed E-state index contributed by atoms with van der Waals surface area (Å²) in [4.78, 5) is 8.49. The number of fused-ring (bicyclic) bond motifs is 1. The van der Waals surface area contributed by atoms with Gasteiger partial charge in [-0.1, -0.05) is 30.0 Å². The summed E-state index contributed by atoms with van der Waals surface area (Å²) in [6.07, 6.45) is 0. The van der Waals surface area contributed by atoms with Crippen molar-refractivity contribution in [2.45, 2.75) is 16.7 Å². The molecule has 0 aliphatic carbocycles. The van der Waals surface area contributed by atoms with Crippen molar-refractivity contribution in [3.05, 3.63) is 101 Å². The van der Waals surface area contributed by atoms with E-state index in [9.17, 15) is 41.2 Å². The molecule has 20 heteroatoms. The minimum Gasteiger partial charge on any atom is -0.871 e. The summed E-state index contributed by atoms with van der Waals surface area (Å²) in [7, 11) is -8.83.